The highest BCUT2D eigenvalue weighted by Gasteiger charge is 2.19. The number of aliphatic carboxylic acids is 2. The van der Waals surface area contributed by atoms with Crippen molar-refractivity contribution in [2.24, 2.45) is 5.73 Å². The van der Waals surface area contributed by atoms with E-state index in [2.05, 4.69) is 5.32 Å². The minimum atomic E-state index is -1.18. The summed E-state index contributed by atoms with van der Waals surface area (Å²) >= 11 is 0. The third-order valence-corrected chi connectivity index (χ3v) is 2.04. The Morgan fingerprint density at radius 1 is 1.22 bits per heavy atom. The first-order chi connectivity index (χ1) is 8.36. The lowest BCUT2D eigenvalue weighted by atomic mass is 10.2. The molecule has 0 aromatic carbocycles. The van der Waals surface area contributed by atoms with Gasteiger partial charge in [-0.15, -0.1) is 0 Å². The molecular formula is C10H18N2O6. The molecule has 2 atom stereocenters. The van der Waals surface area contributed by atoms with Crippen LogP contribution in [0.2, 0.25) is 0 Å². The highest BCUT2D eigenvalue weighted by Crippen LogP contribution is 1.98. The van der Waals surface area contributed by atoms with Crippen molar-refractivity contribution in [2.45, 2.75) is 31.9 Å². The zero-order valence-electron chi connectivity index (χ0n) is 10.1. The zero-order valence-corrected chi connectivity index (χ0v) is 10.1. The summed E-state index contributed by atoms with van der Waals surface area (Å²) in [6.45, 7) is 1.99. The van der Waals surface area contributed by atoms with Gasteiger partial charge in [-0.25, -0.2) is 0 Å². The Hall–Kier alpha value is -1.67. The standard InChI is InChI=1S/C10H18N2O6/c1-2-18-6(3-8(13)14)5-12-10(17)7(11)4-9(15)16/h6-7H,2-5,11H2,1H3,(H,12,17)(H,13,14)(H,15,16). The quantitative estimate of drug-likeness (QED) is 0.408. The van der Waals surface area contributed by atoms with Crippen LogP contribution in [0.15, 0.2) is 0 Å². The summed E-state index contributed by atoms with van der Waals surface area (Å²) in [7, 11) is 0. The predicted octanol–water partition coefficient (Wildman–Crippen LogP) is -1.22. The number of carboxylic acids is 2. The van der Waals surface area contributed by atoms with Gasteiger partial charge >= 0.3 is 11.9 Å². The molecule has 8 heteroatoms. The number of carbonyl (C=O) groups is 3. The van der Waals surface area contributed by atoms with E-state index in [0.29, 0.717) is 6.61 Å². The third kappa shape index (κ3) is 7.58. The van der Waals surface area contributed by atoms with Crippen molar-refractivity contribution in [3.63, 3.8) is 0 Å². The Morgan fingerprint density at radius 2 is 1.78 bits per heavy atom. The molecule has 104 valence electrons. The third-order valence-electron chi connectivity index (χ3n) is 2.04. The second-order valence-electron chi connectivity index (χ2n) is 3.62. The number of ether oxygens (including phenoxy) is 1. The fraction of sp³-hybridized carbons (Fsp3) is 0.700. The van der Waals surface area contributed by atoms with E-state index in [1.165, 1.54) is 0 Å². The van der Waals surface area contributed by atoms with Crippen molar-refractivity contribution in [3.8, 4) is 0 Å². The van der Waals surface area contributed by atoms with Gasteiger partial charge < -0.3 is 26.0 Å². The maximum Gasteiger partial charge on any atom is 0.306 e. The number of hydrogen-bond donors (Lipinski definition) is 4. The van der Waals surface area contributed by atoms with Gasteiger partial charge in [0.1, 0.15) is 0 Å². The summed E-state index contributed by atoms with van der Waals surface area (Å²) in [6.07, 6.45) is -1.39. The highest BCUT2D eigenvalue weighted by molar-refractivity contribution is 5.85. The largest absolute Gasteiger partial charge is 0.481 e. The average Bonchev–Trinajstić information content (AvgIpc) is 2.24. The smallest absolute Gasteiger partial charge is 0.306 e. The van der Waals surface area contributed by atoms with E-state index in [-0.39, 0.29) is 13.0 Å². The second kappa shape index (κ2) is 8.43. The van der Waals surface area contributed by atoms with E-state index in [4.69, 9.17) is 20.7 Å². The van der Waals surface area contributed by atoms with Crippen LogP contribution in [0, 0.1) is 0 Å². The van der Waals surface area contributed by atoms with Gasteiger partial charge in [-0.2, -0.15) is 0 Å². The molecule has 8 nitrogen and oxygen atoms in total. The second-order valence-corrected chi connectivity index (χ2v) is 3.62. The van der Waals surface area contributed by atoms with Crippen molar-refractivity contribution in [3.05, 3.63) is 0 Å². The number of hydrogen-bond acceptors (Lipinski definition) is 5. The molecule has 5 N–H and O–H groups in total. The minimum absolute atomic E-state index is 0.0215. The summed E-state index contributed by atoms with van der Waals surface area (Å²) in [5, 5.41) is 19.4. The van der Waals surface area contributed by atoms with Gasteiger partial charge in [-0.3, -0.25) is 14.4 Å². The van der Waals surface area contributed by atoms with Gasteiger partial charge in [-0.05, 0) is 6.92 Å². The lowest BCUT2D eigenvalue weighted by Crippen LogP contribution is -2.45. The first kappa shape index (κ1) is 16.3. The zero-order chi connectivity index (χ0) is 14.1. The Kier molecular flexibility index (Phi) is 7.64. The van der Waals surface area contributed by atoms with E-state index in [1.807, 2.05) is 0 Å². The van der Waals surface area contributed by atoms with Gasteiger partial charge in [0.2, 0.25) is 5.91 Å². The number of amides is 1. The molecule has 0 aliphatic carbocycles. The van der Waals surface area contributed by atoms with Crippen LogP contribution in [0.25, 0.3) is 0 Å². The van der Waals surface area contributed by atoms with Gasteiger partial charge in [0, 0.05) is 13.2 Å². The minimum Gasteiger partial charge on any atom is -0.481 e. The van der Waals surface area contributed by atoms with Gasteiger partial charge in [0.05, 0.1) is 25.0 Å². The van der Waals surface area contributed by atoms with Gasteiger partial charge in [0.25, 0.3) is 0 Å². The first-order valence-corrected chi connectivity index (χ1v) is 5.45. The molecule has 0 rings (SSSR count). The predicted molar refractivity (Wildman–Crippen MR) is 60.9 cm³/mol. The van der Waals surface area contributed by atoms with Crippen molar-refractivity contribution < 1.29 is 29.3 Å². The van der Waals surface area contributed by atoms with Crippen LogP contribution in [0.4, 0.5) is 0 Å². The van der Waals surface area contributed by atoms with Crippen molar-refractivity contribution in [2.75, 3.05) is 13.2 Å². The fourth-order valence-corrected chi connectivity index (χ4v) is 1.25. The van der Waals surface area contributed by atoms with E-state index in [0.717, 1.165) is 0 Å². The van der Waals surface area contributed by atoms with Crippen molar-refractivity contribution >= 4 is 17.8 Å². The SMILES string of the molecule is CCOC(CNC(=O)C(N)CC(=O)O)CC(=O)O. The molecule has 0 aliphatic rings. The first-order valence-electron chi connectivity index (χ1n) is 5.45. The van der Waals surface area contributed by atoms with Crippen LogP contribution in [0.1, 0.15) is 19.8 Å². The summed E-state index contributed by atoms with van der Waals surface area (Å²) in [5.41, 5.74) is 5.33. The Bertz CT molecular complexity index is 307. The normalized spacial score (nSPS) is 13.7. The topological polar surface area (TPSA) is 139 Å². The number of rotatable bonds is 9. The van der Waals surface area contributed by atoms with E-state index in [9.17, 15) is 14.4 Å². The van der Waals surface area contributed by atoms with Crippen LogP contribution in [-0.4, -0.2) is 53.4 Å². The molecule has 0 radical (unpaired) electrons. The van der Waals surface area contributed by atoms with Crippen LogP contribution < -0.4 is 11.1 Å². The molecule has 0 heterocycles. The molecule has 0 saturated heterocycles. The highest BCUT2D eigenvalue weighted by atomic mass is 16.5. The number of nitrogens with one attached hydrogen (secondary N) is 1. The van der Waals surface area contributed by atoms with Crippen molar-refractivity contribution in [1.82, 2.24) is 5.32 Å². The molecule has 0 spiro atoms. The number of carbonyl (C=O) groups excluding carboxylic acids is 1. The number of carboxylic acid groups (broad SMARTS) is 2. The molecule has 1 amide bonds. The van der Waals surface area contributed by atoms with Gasteiger partial charge in [-0.1, -0.05) is 0 Å². The maximum absolute atomic E-state index is 11.4. The average molecular weight is 262 g/mol. The molecule has 0 bridgehead atoms. The van der Waals surface area contributed by atoms with Gasteiger partial charge in [0.15, 0.2) is 0 Å². The summed E-state index contributed by atoms with van der Waals surface area (Å²) in [6, 6.07) is -1.16. The molecule has 2 unspecified atom stereocenters. The lowest BCUT2D eigenvalue weighted by molar-refractivity contribution is -0.140. The molecule has 0 saturated carbocycles. The number of nitrogens with two attached hydrogens (primary N) is 1. The summed E-state index contributed by atoms with van der Waals surface area (Å²) < 4.78 is 5.11. The van der Waals surface area contributed by atoms with Crippen LogP contribution in [0.3, 0.4) is 0 Å². The van der Waals surface area contributed by atoms with Crippen molar-refractivity contribution in [1.29, 1.82) is 0 Å². The van der Waals surface area contributed by atoms with E-state index >= 15 is 0 Å². The molecule has 0 aromatic heterocycles. The van der Waals surface area contributed by atoms with Crippen LogP contribution in [0.5, 0.6) is 0 Å². The van der Waals surface area contributed by atoms with Crippen LogP contribution in [-0.2, 0) is 19.1 Å². The monoisotopic (exact) mass is 262 g/mol. The van der Waals surface area contributed by atoms with E-state index in [1.54, 1.807) is 6.92 Å². The Balaban J connectivity index is 4.12. The molecule has 0 aromatic rings. The molecular weight excluding hydrogens is 244 g/mol. The molecule has 18 heavy (non-hydrogen) atoms. The summed E-state index contributed by atoms with van der Waals surface area (Å²) in [5.74, 6) is -2.87. The fourth-order valence-electron chi connectivity index (χ4n) is 1.25. The summed E-state index contributed by atoms with van der Waals surface area (Å²) in [4.78, 5) is 32.2. The lowest BCUT2D eigenvalue weighted by Gasteiger charge is -2.17. The van der Waals surface area contributed by atoms with Crippen LogP contribution >= 0.6 is 0 Å². The molecule has 0 fully saturated rings. The molecule has 0 aliphatic heterocycles. The van der Waals surface area contributed by atoms with E-state index < -0.39 is 36.4 Å². The Morgan fingerprint density at radius 3 is 2.22 bits per heavy atom. The Labute approximate surface area is 104 Å². The maximum atomic E-state index is 11.4.